The number of aromatic amines is 1. The number of aliphatic hydroxyl groups excluding tert-OH is 1. The van der Waals surface area contributed by atoms with Gasteiger partial charge < -0.3 is 29.4 Å². The van der Waals surface area contributed by atoms with E-state index in [0.717, 1.165) is 12.3 Å². The van der Waals surface area contributed by atoms with Crippen molar-refractivity contribution in [3.05, 3.63) is 33.1 Å². The molecule has 0 aromatic carbocycles. The molecule has 1 aliphatic heterocycles. The fourth-order valence-electron chi connectivity index (χ4n) is 2.42. The number of phosphoric ester groups is 1. The van der Waals surface area contributed by atoms with Crippen LogP contribution in [0.15, 0.2) is 21.9 Å². The molecule has 1 aromatic rings. The predicted octanol–water partition coefficient (Wildman–Crippen LogP) is -0.915. The van der Waals surface area contributed by atoms with Gasteiger partial charge in [0.2, 0.25) is 0 Å². The highest BCUT2D eigenvalue weighted by Crippen LogP contribution is 2.66. The van der Waals surface area contributed by atoms with Crippen molar-refractivity contribution in [2.24, 2.45) is 0 Å². The zero-order chi connectivity index (χ0) is 23.8. The molecular weight excluding hydrogens is 519 g/mol. The molecule has 0 spiro atoms. The van der Waals surface area contributed by atoms with Crippen molar-refractivity contribution in [1.82, 2.24) is 9.55 Å². The van der Waals surface area contributed by atoms with Gasteiger partial charge in [0, 0.05) is 12.3 Å². The topological polar surface area (TPSA) is 244 Å². The summed E-state index contributed by atoms with van der Waals surface area (Å²) in [7, 11) is -17.1. The average Bonchev–Trinajstić information content (AvgIpc) is 2.82. The maximum Gasteiger partial charge on any atom is 0.490 e. The number of aliphatic hydroxyl groups is 1. The summed E-state index contributed by atoms with van der Waals surface area (Å²) in [6.07, 6.45) is -5.58. The molecule has 0 radical (unpaired) electrons. The summed E-state index contributed by atoms with van der Waals surface area (Å²) in [5.41, 5.74) is -4.25. The third-order valence-corrected chi connectivity index (χ3v) is 7.94. The maximum absolute atomic E-state index is 14.6. The first kappa shape index (κ1) is 26.5. The van der Waals surface area contributed by atoms with Gasteiger partial charge in [-0.3, -0.25) is 18.9 Å². The Morgan fingerprint density at radius 3 is 2.32 bits per heavy atom. The van der Waals surface area contributed by atoms with Crippen LogP contribution in [0.25, 0.3) is 0 Å². The van der Waals surface area contributed by atoms with Crippen LogP contribution in [0.1, 0.15) is 6.23 Å². The number of halogens is 2. The van der Waals surface area contributed by atoms with Crippen LogP contribution in [-0.4, -0.2) is 64.6 Å². The minimum absolute atomic E-state index is 0.550. The molecule has 6 atom stereocenters. The molecule has 31 heavy (non-hydrogen) atoms. The van der Waals surface area contributed by atoms with Crippen molar-refractivity contribution in [2.45, 2.75) is 24.1 Å². The highest BCUT2D eigenvalue weighted by atomic mass is 35.5. The fourth-order valence-corrected chi connectivity index (χ4v) is 5.80. The van der Waals surface area contributed by atoms with Crippen LogP contribution in [0.3, 0.4) is 0 Å². The molecular formula is C10H15ClFN2O14P3. The lowest BCUT2D eigenvalue weighted by Gasteiger charge is -2.29. The summed E-state index contributed by atoms with van der Waals surface area (Å²) in [5.74, 6) is -0.807. The van der Waals surface area contributed by atoms with E-state index in [1.807, 2.05) is 4.98 Å². The number of ether oxygens (including phenoxy) is 1. The number of H-pyrrole nitrogens is 1. The molecule has 2 rings (SSSR count). The van der Waals surface area contributed by atoms with Gasteiger partial charge in [-0.2, -0.15) is 8.62 Å². The second kappa shape index (κ2) is 9.23. The first-order chi connectivity index (χ1) is 14.0. The smallest absolute Gasteiger partial charge is 0.387 e. The average molecular weight is 535 g/mol. The molecule has 0 amide bonds. The van der Waals surface area contributed by atoms with E-state index in [-0.39, 0.29) is 0 Å². The Bertz CT molecular complexity index is 1070. The first-order valence-electron chi connectivity index (χ1n) is 7.67. The summed E-state index contributed by atoms with van der Waals surface area (Å²) in [6.45, 7) is -1.27. The standard InChI is InChI=1S/C10H15ClFN2O14P3/c11-3-10(4-25-30(21,22)28-31(23,24)27-29(18,19)20)7(16)6(12)8(26-10)14-2-1-5(15)13-9(14)17/h1-2,6-8,16H,3-4H2,(H,21,22)(H,23,24)(H,13,15,17)(H2,18,19,20). The number of nitrogens with one attached hydrogen (secondary N) is 1. The summed E-state index contributed by atoms with van der Waals surface area (Å²) >= 11 is 5.67. The molecule has 2 heterocycles. The Morgan fingerprint density at radius 2 is 1.81 bits per heavy atom. The van der Waals surface area contributed by atoms with E-state index in [4.69, 9.17) is 31.0 Å². The lowest BCUT2D eigenvalue weighted by atomic mass is 9.99. The Balaban J connectivity index is 2.21. The molecule has 6 N–H and O–H groups in total. The quantitative estimate of drug-likeness (QED) is 0.166. The fraction of sp³-hybridized carbons (Fsp3) is 0.600. The van der Waals surface area contributed by atoms with Gasteiger partial charge in [-0.15, -0.1) is 11.6 Å². The molecule has 0 saturated carbocycles. The van der Waals surface area contributed by atoms with Crippen molar-refractivity contribution >= 4 is 35.1 Å². The molecule has 178 valence electrons. The van der Waals surface area contributed by atoms with Crippen molar-refractivity contribution in [2.75, 3.05) is 12.5 Å². The van der Waals surface area contributed by atoms with E-state index < -0.39 is 71.3 Å². The Labute approximate surface area is 175 Å². The lowest BCUT2D eigenvalue weighted by molar-refractivity contribution is -0.113. The zero-order valence-corrected chi connectivity index (χ0v) is 18.2. The van der Waals surface area contributed by atoms with E-state index in [9.17, 15) is 37.7 Å². The summed E-state index contributed by atoms with van der Waals surface area (Å²) < 4.78 is 65.5. The van der Waals surface area contributed by atoms with Gasteiger partial charge in [0.05, 0.1) is 12.5 Å². The van der Waals surface area contributed by atoms with Crippen LogP contribution < -0.4 is 11.2 Å². The molecule has 6 unspecified atom stereocenters. The SMILES string of the molecule is O=c1ccn(C2OC(CCl)(COP(=O)(O)OP(=O)(O)OP(=O)(O)O)C(O)C2F)c(=O)[nH]1. The van der Waals surface area contributed by atoms with Crippen LogP contribution in [0.4, 0.5) is 4.39 Å². The van der Waals surface area contributed by atoms with E-state index in [1.54, 1.807) is 0 Å². The number of rotatable bonds is 9. The molecule has 1 saturated heterocycles. The molecule has 1 fully saturated rings. The molecule has 1 aliphatic rings. The monoisotopic (exact) mass is 534 g/mol. The van der Waals surface area contributed by atoms with Crippen molar-refractivity contribution in [3.63, 3.8) is 0 Å². The molecule has 0 aliphatic carbocycles. The number of hydrogen-bond donors (Lipinski definition) is 6. The van der Waals surface area contributed by atoms with Crippen molar-refractivity contribution < 1.29 is 60.6 Å². The highest BCUT2D eigenvalue weighted by Gasteiger charge is 2.57. The van der Waals surface area contributed by atoms with E-state index in [2.05, 4.69) is 13.1 Å². The second-order valence-electron chi connectivity index (χ2n) is 5.98. The van der Waals surface area contributed by atoms with Crippen LogP contribution in [-0.2, 0) is 31.6 Å². The van der Waals surface area contributed by atoms with Gasteiger partial charge in [0.15, 0.2) is 12.4 Å². The van der Waals surface area contributed by atoms with Crippen LogP contribution >= 0.6 is 35.1 Å². The van der Waals surface area contributed by atoms with Crippen LogP contribution in [0.2, 0.25) is 0 Å². The summed E-state index contributed by atoms with van der Waals surface area (Å²) in [4.78, 5) is 60.4. The highest BCUT2D eigenvalue weighted by molar-refractivity contribution is 7.66. The Hall–Kier alpha value is -0.770. The third-order valence-electron chi connectivity index (χ3n) is 3.71. The minimum Gasteiger partial charge on any atom is -0.387 e. The van der Waals surface area contributed by atoms with Crippen molar-refractivity contribution in [3.8, 4) is 0 Å². The van der Waals surface area contributed by atoms with Crippen molar-refractivity contribution in [1.29, 1.82) is 0 Å². The van der Waals surface area contributed by atoms with Gasteiger partial charge in [-0.05, 0) is 0 Å². The minimum atomic E-state index is -5.82. The number of hydrogen-bond acceptors (Lipinski definition) is 10. The van der Waals surface area contributed by atoms with Gasteiger partial charge in [-0.1, -0.05) is 0 Å². The molecule has 1 aromatic heterocycles. The second-order valence-corrected chi connectivity index (χ2v) is 10.7. The van der Waals surface area contributed by atoms with Gasteiger partial charge in [-0.25, -0.2) is 22.9 Å². The normalized spacial score (nSPS) is 30.6. The largest absolute Gasteiger partial charge is 0.490 e. The van der Waals surface area contributed by atoms with E-state index >= 15 is 0 Å². The first-order valence-corrected chi connectivity index (χ1v) is 12.7. The van der Waals surface area contributed by atoms with Crippen LogP contribution in [0.5, 0.6) is 0 Å². The number of alkyl halides is 2. The molecule has 16 nitrogen and oxygen atoms in total. The van der Waals surface area contributed by atoms with Gasteiger partial charge in [0.1, 0.15) is 11.7 Å². The Morgan fingerprint density at radius 1 is 1.19 bits per heavy atom. The Kier molecular flexibility index (Phi) is 7.89. The lowest BCUT2D eigenvalue weighted by Crippen LogP contribution is -2.47. The number of aromatic nitrogens is 2. The summed E-state index contributed by atoms with van der Waals surface area (Å²) in [6, 6.07) is 0.844. The summed E-state index contributed by atoms with van der Waals surface area (Å²) in [5, 5.41) is 10.2. The van der Waals surface area contributed by atoms with Crippen LogP contribution in [0, 0.1) is 0 Å². The predicted molar refractivity (Wildman–Crippen MR) is 95.6 cm³/mol. The van der Waals surface area contributed by atoms with E-state index in [1.165, 1.54) is 0 Å². The molecule has 21 heteroatoms. The van der Waals surface area contributed by atoms with E-state index in [0.29, 0.717) is 4.57 Å². The maximum atomic E-state index is 14.6. The van der Waals surface area contributed by atoms with Gasteiger partial charge in [0.25, 0.3) is 5.56 Å². The zero-order valence-electron chi connectivity index (χ0n) is 14.8. The number of phosphoric acid groups is 3. The third kappa shape index (κ3) is 6.62. The van der Waals surface area contributed by atoms with Gasteiger partial charge >= 0.3 is 29.2 Å². The molecule has 0 bridgehead atoms. The number of nitrogens with zero attached hydrogens (tertiary/aromatic N) is 1.